The van der Waals surface area contributed by atoms with Crippen LogP contribution in [0.15, 0.2) is 48.8 Å². The van der Waals surface area contributed by atoms with E-state index in [9.17, 15) is 4.79 Å². The SMILES string of the molecule is Cc1c(-c2cc(Cl)ncc2-c2ccccc2)c[nH]c1C=O. The van der Waals surface area contributed by atoms with Crippen LogP contribution in [0.3, 0.4) is 0 Å². The Morgan fingerprint density at radius 1 is 1.14 bits per heavy atom. The molecule has 0 spiro atoms. The number of H-pyrrole nitrogens is 1. The molecular weight excluding hydrogens is 284 g/mol. The molecule has 3 rings (SSSR count). The van der Waals surface area contributed by atoms with E-state index in [1.165, 1.54) is 0 Å². The van der Waals surface area contributed by atoms with Crippen molar-refractivity contribution in [3.05, 3.63) is 65.2 Å². The first kappa shape index (κ1) is 13.6. The highest BCUT2D eigenvalue weighted by atomic mass is 35.5. The van der Waals surface area contributed by atoms with Crippen LogP contribution in [0.1, 0.15) is 16.1 Å². The number of hydrogen-bond donors (Lipinski definition) is 1. The zero-order valence-electron chi connectivity index (χ0n) is 11.4. The lowest BCUT2D eigenvalue weighted by molar-refractivity contribution is 0.111. The van der Waals surface area contributed by atoms with Gasteiger partial charge < -0.3 is 4.98 Å². The zero-order chi connectivity index (χ0) is 14.8. The summed E-state index contributed by atoms with van der Waals surface area (Å²) in [5.74, 6) is 0. The number of rotatable bonds is 3. The summed E-state index contributed by atoms with van der Waals surface area (Å²) in [6.45, 7) is 1.92. The van der Waals surface area contributed by atoms with Gasteiger partial charge in [0.25, 0.3) is 0 Å². The Balaban J connectivity index is 2.24. The predicted molar refractivity (Wildman–Crippen MR) is 84.6 cm³/mol. The second kappa shape index (κ2) is 5.54. The summed E-state index contributed by atoms with van der Waals surface area (Å²) in [7, 11) is 0. The summed E-state index contributed by atoms with van der Waals surface area (Å²) >= 11 is 6.06. The first-order valence-electron chi connectivity index (χ1n) is 6.55. The third kappa shape index (κ3) is 2.48. The molecule has 21 heavy (non-hydrogen) atoms. The van der Waals surface area contributed by atoms with Crippen molar-refractivity contribution in [3.8, 4) is 22.3 Å². The minimum Gasteiger partial charge on any atom is -0.358 e. The first-order chi connectivity index (χ1) is 10.2. The van der Waals surface area contributed by atoms with Crippen molar-refractivity contribution in [2.75, 3.05) is 0 Å². The fourth-order valence-corrected chi connectivity index (χ4v) is 2.57. The van der Waals surface area contributed by atoms with Crippen molar-refractivity contribution in [1.29, 1.82) is 0 Å². The maximum atomic E-state index is 11.0. The monoisotopic (exact) mass is 296 g/mol. The molecule has 3 nitrogen and oxygen atoms in total. The Kier molecular flexibility index (Phi) is 3.59. The molecule has 0 aliphatic carbocycles. The number of nitrogens with one attached hydrogen (secondary N) is 1. The first-order valence-corrected chi connectivity index (χ1v) is 6.93. The third-order valence-electron chi connectivity index (χ3n) is 3.54. The van der Waals surface area contributed by atoms with Gasteiger partial charge in [-0.2, -0.15) is 0 Å². The number of pyridine rings is 1. The largest absolute Gasteiger partial charge is 0.358 e. The lowest BCUT2D eigenvalue weighted by atomic mass is 9.96. The molecule has 3 aromatic rings. The third-order valence-corrected chi connectivity index (χ3v) is 3.75. The highest BCUT2D eigenvalue weighted by Crippen LogP contribution is 2.35. The molecule has 2 aromatic heterocycles. The summed E-state index contributed by atoms with van der Waals surface area (Å²) in [5.41, 5.74) is 5.45. The van der Waals surface area contributed by atoms with Gasteiger partial charge in [0.2, 0.25) is 0 Å². The quantitative estimate of drug-likeness (QED) is 0.570. The van der Waals surface area contributed by atoms with Gasteiger partial charge in [0.1, 0.15) is 5.15 Å². The number of nitrogens with zero attached hydrogens (tertiary/aromatic N) is 1. The lowest BCUT2D eigenvalue weighted by Crippen LogP contribution is -1.89. The van der Waals surface area contributed by atoms with Gasteiger partial charge in [-0.3, -0.25) is 4.79 Å². The van der Waals surface area contributed by atoms with E-state index in [2.05, 4.69) is 9.97 Å². The second-order valence-electron chi connectivity index (χ2n) is 4.78. The summed E-state index contributed by atoms with van der Waals surface area (Å²) in [6, 6.07) is 11.8. The Morgan fingerprint density at radius 2 is 1.90 bits per heavy atom. The highest BCUT2D eigenvalue weighted by molar-refractivity contribution is 6.29. The summed E-state index contributed by atoms with van der Waals surface area (Å²) in [5, 5.41) is 0.429. The van der Waals surface area contributed by atoms with Crippen LogP contribution in [0.4, 0.5) is 0 Å². The van der Waals surface area contributed by atoms with Crippen molar-refractivity contribution in [2.45, 2.75) is 6.92 Å². The molecule has 0 radical (unpaired) electrons. The number of aldehydes is 1. The molecule has 104 valence electrons. The van der Waals surface area contributed by atoms with Crippen LogP contribution in [0.25, 0.3) is 22.3 Å². The number of hydrogen-bond acceptors (Lipinski definition) is 2. The van der Waals surface area contributed by atoms with Crippen molar-refractivity contribution in [2.24, 2.45) is 0 Å². The van der Waals surface area contributed by atoms with Crippen LogP contribution in [0.5, 0.6) is 0 Å². The molecule has 0 saturated heterocycles. The Morgan fingerprint density at radius 3 is 2.57 bits per heavy atom. The second-order valence-corrected chi connectivity index (χ2v) is 5.16. The van der Waals surface area contributed by atoms with E-state index < -0.39 is 0 Å². The van der Waals surface area contributed by atoms with E-state index >= 15 is 0 Å². The Bertz CT molecular complexity index is 794. The molecule has 0 unspecified atom stereocenters. The van der Waals surface area contributed by atoms with Gasteiger partial charge in [-0.25, -0.2) is 4.98 Å². The molecule has 0 saturated carbocycles. The molecule has 0 aliphatic heterocycles. The molecule has 0 atom stereocenters. The summed E-state index contributed by atoms with van der Waals surface area (Å²) < 4.78 is 0. The molecule has 0 bridgehead atoms. The molecular formula is C17H13ClN2O. The minimum absolute atomic E-state index is 0.429. The van der Waals surface area contributed by atoms with Crippen LogP contribution in [0.2, 0.25) is 5.15 Å². The van der Waals surface area contributed by atoms with E-state index in [0.717, 1.165) is 34.1 Å². The van der Waals surface area contributed by atoms with Crippen molar-refractivity contribution < 1.29 is 4.79 Å². The van der Waals surface area contributed by atoms with Crippen LogP contribution >= 0.6 is 11.6 Å². The smallest absolute Gasteiger partial charge is 0.166 e. The van der Waals surface area contributed by atoms with Gasteiger partial charge in [-0.1, -0.05) is 41.9 Å². The van der Waals surface area contributed by atoms with Crippen LogP contribution in [-0.2, 0) is 0 Å². The van der Waals surface area contributed by atoms with Gasteiger partial charge in [-0.05, 0) is 29.7 Å². The van der Waals surface area contributed by atoms with E-state index in [1.807, 2.05) is 49.5 Å². The van der Waals surface area contributed by atoms with Crippen molar-refractivity contribution in [3.63, 3.8) is 0 Å². The van der Waals surface area contributed by atoms with Crippen LogP contribution < -0.4 is 0 Å². The lowest BCUT2D eigenvalue weighted by Gasteiger charge is -2.10. The maximum Gasteiger partial charge on any atom is 0.166 e. The number of carbonyl (C=O) groups is 1. The van der Waals surface area contributed by atoms with Gasteiger partial charge in [0, 0.05) is 23.5 Å². The fourth-order valence-electron chi connectivity index (χ4n) is 2.41. The standard InChI is InChI=1S/C17H13ClN2O/c1-11-14(8-19-16(11)10-21)13-7-17(18)20-9-15(13)12-5-3-2-4-6-12/h2-10,19H,1H3. The molecule has 0 aliphatic rings. The number of halogens is 1. The van der Waals surface area contributed by atoms with Gasteiger partial charge in [0.15, 0.2) is 6.29 Å². The minimum atomic E-state index is 0.429. The van der Waals surface area contributed by atoms with Crippen molar-refractivity contribution in [1.82, 2.24) is 9.97 Å². The fraction of sp³-hybridized carbons (Fsp3) is 0.0588. The molecule has 2 heterocycles. The molecule has 1 N–H and O–H groups in total. The molecule has 1 aromatic carbocycles. The average molecular weight is 297 g/mol. The van der Waals surface area contributed by atoms with Gasteiger partial charge in [0.05, 0.1) is 5.69 Å². The number of benzene rings is 1. The highest BCUT2D eigenvalue weighted by Gasteiger charge is 2.14. The van der Waals surface area contributed by atoms with E-state index in [0.29, 0.717) is 10.8 Å². The average Bonchev–Trinajstić information content (AvgIpc) is 2.89. The number of carbonyl (C=O) groups excluding carboxylic acids is 1. The van der Waals surface area contributed by atoms with Crippen molar-refractivity contribution >= 4 is 17.9 Å². The molecule has 0 fully saturated rings. The number of aromatic amines is 1. The van der Waals surface area contributed by atoms with E-state index in [4.69, 9.17) is 11.6 Å². The van der Waals surface area contributed by atoms with E-state index in [1.54, 1.807) is 6.20 Å². The summed E-state index contributed by atoms with van der Waals surface area (Å²) in [4.78, 5) is 18.2. The zero-order valence-corrected chi connectivity index (χ0v) is 12.2. The Labute approximate surface area is 127 Å². The molecule has 0 amide bonds. The maximum absolute atomic E-state index is 11.0. The van der Waals surface area contributed by atoms with Gasteiger partial charge >= 0.3 is 0 Å². The predicted octanol–water partition coefficient (Wildman–Crippen LogP) is 4.52. The summed E-state index contributed by atoms with van der Waals surface area (Å²) in [6.07, 6.45) is 4.42. The Hall–Kier alpha value is -2.39. The van der Waals surface area contributed by atoms with E-state index in [-0.39, 0.29) is 0 Å². The molecule has 4 heteroatoms. The van der Waals surface area contributed by atoms with Crippen LogP contribution in [0, 0.1) is 6.92 Å². The number of aromatic nitrogens is 2. The van der Waals surface area contributed by atoms with Crippen LogP contribution in [-0.4, -0.2) is 16.3 Å². The normalized spacial score (nSPS) is 10.6. The van der Waals surface area contributed by atoms with Gasteiger partial charge in [-0.15, -0.1) is 0 Å². The topological polar surface area (TPSA) is 45.8 Å².